The molecule has 0 amide bonds. The van der Waals surface area contributed by atoms with Crippen LogP contribution in [0.25, 0.3) is 11.3 Å². The smallest absolute Gasteiger partial charge is 0.110 e. The van der Waals surface area contributed by atoms with E-state index in [9.17, 15) is 0 Å². The maximum Gasteiger partial charge on any atom is 0.110 e. The summed E-state index contributed by atoms with van der Waals surface area (Å²) >= 11 is 7.50. The Morgan fingerprint density at radius 3 is 2.56 bits per heavy atom. The van der Waals surface area contributed by atoms with Crippen LogP contribution < -0.4 is 5.73 Å². The summed E-state index contributed by atoms with van der Waals surface area (Å²) in [5, 5.41) is 3.80. The van der Waals surface area contributed by atoms with E-state index in [1.165, 1.54) is 0 Å². The van der Waals surface area contributed by atoms with Crippen molar-refractivity contribution in [3.8, 4) is 11.3 Å². The summed E-state index contributed by atoms with van der Waals surface area (Å²) in [7, 11) is 0. The van der Waals surface area contributed by atoms with Crippen LogP contribution in [0.5, 0.6) is 0 Å². The first-order valence-corrected chi connectivity index (χ1v) is 7.29. The van der Waals surface area contributed by atoms with Gasteiger partial charge >= 0.3 is 0 Å². The number of thiazole rings is 1. The third-order valence-corrected chi connectivity index (χ3v) is 3.93. The second-order valence-electron chi connectivity index (χ2n) is 4.81. The number of nitrogens with two attached hydrogens (primary N) is 1. The summed E-state index contributed by atoms with van der Waals surface area (Å²) < 4.78 is 0. The van der Waals surface area contributed by atoms with E-state index in [1.807, 2.05) is 24.3 Å². The summed E-state index contributed by atoms with van der Waals surface area (Å²) in [6, 6.07) is 7.76. The van der Waals surface area contributed by atoms with Crippen LogP contribution in [0.15, 0.2) is 29.6 Å². The molecule has 4 heteroatoms. The van der Waals surface area contributed by atoms with Gasteiger partial charge in [-0.15, -0.1) is 11.3 Å². The highest BCUT2D eigenvalue weighted by Crippen LogP contribution is 2.27. The van der Waals surface area contributed by atoms with E-state index in [2.05, 4.69) is 24.2 Å². The van der Waals surface area contributed by atoms with Gasteiger partial charge in [0.15, 0.2) is 0 Å². The largest absolute Gasteiger partial charge is 0.322 e. The normalized spacial score (nSPS) is 12.9. The molecule has 0 aliphatic rings. The lowest BCUT2D eigenvalue weighted by Gasteiger charge is -2.10. The highest BCUT2D eigenvalue weighted by Gasteiger charge is 2.13. The van der Waals surface area contributed by atoms with Crippen molar-refractivity contribution in [2.45, 2.75) is 26.3 Å². The Kier molecular flexibility index (Phi) is 4.38. The van der Waals surface area contributed by atoms with Crippen LogP contribution in [0.2, 0.25) is 5.02 Å². The molecular weight excluding hydrogens is 264 g/mol. The van der Waals surface area contributed by atoms with Gasteiger partial charge in [-0.3, -0.25) is 0 Å². The van der Waals surface area contributed by atoms with Gasteiger partial charge in [0, 0.05) is 16.0 Å². The van der Waals surface area contributed by atoms with Gasteiger partial charge in [-0.2, -0.15) is 0 Å². The Morgan fingerprint density at radius 2 is 1.94 bits per heavy atom. The Hall–Kier alpha value is -0.900. The number of hydrogen-bond donors (Lipinski definition) is 1. The zero-order valence-corrected chi connectivity index (χ0v) is 12.1. The zero-order valence-electron chi connectivity index (χ0n) is 10.6. The summed E-state index contributed by atoms with van der Waals surface area (Å²) in [6.07, 6.45) is 0.966. The molecule has 96 valence electrons. The van der Waals surface area contributed by atoms with Gasteiger partial charge in [0.05, 0.1) is 11.7 Å². The van der Waals surface area contributed by atoms with Crippen LogP contribution in [-0.2, 0) is 0 Å². The molecule has 1 heterocycles. The Bertz CT molecular complexity index is 505. The first-order chi connectivity index (χ1) is 8.56. The predicted molar refractivity (Wildman–Crippen MR) is 78.9 cm³/mol. The minimum atomic E-state index is 0.0380. The standard InChI is InChI=1S/C14H17ClN2S/c1-9(2)7-12(16)14-17-13(8-18-14)10-3-5-11(15)6-4-10/h3-6,8-9,12H,7,16H2,1-2H3. The van der Waals surface area contributed by atoms with Crippen LogP contribution in [0, 0.1) is 5.92 Å². The van der Waals surface area contributed by atoms with Gasteiger partial charge in [0.1, 0.15) is 5.01 Å². The summed E-state index contributed by atoms with van der Waals surface area (Å²) in [5.74, 6) is 0.586. The molecule has 1 aromatic heterocycles. The average Bonchev–Trinajstić information content (AvgIpc) is 2.78. The van der Waals surface area contributed by atoms with Crippen LogP contribution in [0.3, 0.4) is 0 Å². The maximum atomic E-state index is 6.14. The average molecular weight is 281 g/mol. The third kappa shape index (κ3) is 3.31. The first kappa shape index (κ1) is 13.5. The monoisotopic (exact) mass is 280 g/mol. The molecule has 0 saturated carbocycles. The van der Waals surface area contributed by atoms with E-state index in [1.54, 1.807) is 11.3 Å². The molecule has 2 N–H and O–H groups in total. The Balaban J connectivity index is 2.17. The summed E-state index contributed by atoms with van der Waals surface area (Å²) in [6.45, 7) is 4.35. The minimum absolute atomic E-state index is 0.0380. The van der Waals surface area contributed by atoms with E-state index < -0.39 is 0 Å². The van der Waals surface area contributed by atoms with Gasteiger partial charge in [-0.1, -0.05) is 37.6 Å². The van der Waals surface area contributed by atoms with Crippen molar-refractivity contribution in [2.24, 2.45) is 11.7 Å². The minimum Gasteiger partial charge on any atom is -0.322 e. The molecule has 1 unspecified atom stereocenters. The SMILES string of the molecule is CC(C)CC(N)c1nc(-c2ccc(Cl)cc2)cs1. The Morgan fingerprint density at radius 1 is 1.28 bits per heavy atom. The Labute approximate surface area is 117 Å². The van der Waals surface area contributed by atoms with Gasteiger partial charge in [0.25, 0.3) is 0 Å². The molecule has 2 aromatic rings. The molecule has 0 spiro atoms. The molecule has 0 fully saturated rings. The molecule has 1 aromatic carbocycles. The second-order valence-corrected chi connectivity index (χ2v) is 6.14. The van der Waals surface area contributed by atoms with Gasteiger partial charge in [0.2, 0.25) is 0 Å². The molecule has 0 radical (unpaired) electrons. The molecule has 2 nitrogen and oxygen atoms in total. The van der Waals surface area contributed by atoms with E-state index >= 15 is 0 Å². The number of halogens is 1. The zero-order chi connectivity index (χ0) is 13.1. The number of hydrogen-bond acceptors (Lipinski definition) is 3. The quantitative estimate of drug-likeness (QED) is 0.895. The lowest BCUT2D eigenvalue weighted by atomic mass is 10.1. The highest BCUT2D eigenvalue weighted by molar-refractivity contribution is 7.10. The number of aromatic nitrogens is 1. The lowest BCUT2D eigenvalue weighted by molar-refractivity contribution is 0.508. The van der Waals surface area contributed by atoms with Crippen molar-refractivity contribution in [3.63, 3.8) is 0 Å². The molecular formula is C14H17ClN2S. The molecule has 0 bridgehead atoms. The molecule has 0 aliphatic heterocycles. The number of nitrogens with zero attached hydrogens (tertiary/aromatic N) is 1. The fourth-order valence-corrected chi connectivity index (χ4v) is 2.79. The number of benzene rings is 1. The lowest BCUT2D eigenvalue weighted by Crippen LogP contribution is -2.12. The molecule has 0 saturated heterocycles. The first-order valence-electron chi connectivity index (χ1n) is 6.03. The molecule has 0 aliphatic carbocycles. The molecule has 2 rings (SSSR count). The predicted octanol–water partition coefficient (Wildman–Crippen LogP) is 4.51. The maximum absolute atomic E-state index is 6.14. The van der Waals surface area contributed by atoms with Crippen LogP contribution >= 0.6 is 22.9 Å². The van der Waals surface area contributed by atoms with Crippen molar-refractivity contribution in [1.29, 1.82) is 0 Å². The summed E-state index contributed by atoms with van der Waals surface area (Å²) in [5.41, 5.74) is 8.20. The molecule has 18 heavy (non-hydrogen) atoms. The third-order valence-electron chi connectivity index (χ3n) is 2.70. The van der Waals surface area contributed by atoms with Crippen molar-refractivity contribution < 1.29 is 0 Å². The van der Waals surface area contributed by atoms with Gasteiger partial charge < -0.3 is 5.73 Å². The summed E-state index contributed by atoms with van der Waals surface area (Å²) in [4.78, 5) is 4.61. The van der Waals surface area contributed by atoms with Crippen molar-refractivity contribution in [3.05, 3.63) is 39.7 Å². The van der Waals surface area contributed by atoms with Crippen molar-refractivity contribution in [1.82, 2.24) is 4.98 Å². The highest BCUT2D eigenvalue weighted by atomic mass is 35.5. The van der Waals surface area contributed by atoms with Gasteiger partial charge in [-0.05, 0) is 24.5 Å². The fraction of sp³-hybridized carbons (Fsp3) is 0.357. The van der Waals surface area contributed by atoms with E-state index in [0.717, 1.165) is 27.7 Å². The van der Waals surface area contributed by atoms with Crippen molar-refractivity contribution >= 4 is 22.9 Å². The van der Waals surface area contributed by atoms with Crippen LogP contribution in [0.1, 0.15) is 31.3 Å². The van der Waals surface area contributed by atoms with Crippen molar-refractivity contribution in [2.75, 3.05) is 0 Å². The van der Waals surface area contributed by atoms with E-state index in [4.69, 9.17) is 17.3 Å². The fourth-order valence-electron chi connectivity index (χ4n) is 1.82. The molecule has 1 atom stereocenters. The van der Waals surface area contributed by atoms with Crippen LogP contribution in [0.4, 0.5) is 0 Å². The van der Waals surface area contributed by atoms with E-state index in [-0.39, 0.29) is 6.04 Å². The van der Waals surface area contributed by atoms with E-state index in [0.29, 0.717) is 5.92 Å². The topological polar surface area (TPSA) is 38.9 Å². The van der Waals surface area contributed by atoms with Gasteiger partial charge in [-0.25, -0.2) is 4.98 Å². The van der Waals surface area contributed by atoms with Crippen LogP contribution in [-0.4, -0.2) is 4.98 Å². The second kappa shape index (κ2) is 5.83. The number of rotatable bonds is 4.